The van der Waals surface area contributed by atoms with E-state index in [4.69, 9.17) is 11.6 Å². The number of hydrogen-bond donors (Lipinski definition) is 1. The molecule has 0 heterocycles. The third-order valence-corrected chi connectivity index (χ3v) is 3.02. The summed E-state index contributed by atoms with van der Waals surface area (Å²) in [7, 11) is 0. The Kier molecular flexibility index (Phi) is 3.52. The van der Waals surface area contributed by atoms with Crippen LogP contribution in [0.1, 0.15) is 5.56 Å². The Hall–Kier alpha value is -0.990. The molecule has 0 aromatic heterocycles. The average Bonchev–Trinajstić information content (AvgIpc) is 2.22. The number of halogens is 2. The van der Waals surface area contributed by atoms with Gasteiger partial charge in [-0.15, -0.1) is 0 Å². The Labute approximate surface area is 109 Å². The van der Waals surface area contributed by atoms with E-state index >= 15 is 0 Å². The lowest BCUT2D eigenvalue weighted by molar-refractivity contribution is 1.42. The van der Waals surface area contributed by atoms with Crippen molar-refractivity contribution in [1.29, 1.82) is 0 Å². The second-order valence-electron chi connectivity index (χ2n) is 3.59. The zero-order valence-electron chi connectivity index (χ0n) is 8.80. The fourth-order valence-electron chi connectivity index (χ4n) is 1.49. The monoisotopic (exact) mass is 295 g/mol. The van der Waals surface area contributed by atoms with Gasteiger partial charge in [-0.3, -0.25) is 0 Å². The van der Waals surface area contributed by atoms with Crippen LogP contribution in [0.2, 0.25) is 5.02 Å². The summed E-state index contributed by atoms with van der Waals surface area (Å²) < 4.78 is 1.08. The van der Waals surface area contributed by atoms with Gasteiger partial charge in [-0.05, 0) is 48.9 Å². The van der Waals surface area contributed by atoms with Crippen molar-refractivity contribution < 1.29 is 0 Å². The molecule has 3 heteroatoms. The molecule has 1 N–H and O–H groups in total. The molecule has 2 rings (SSSR count). The maximum absolute atomic E-state index is 5.93. The summed E-state index contributed by atoms with van der Waals surface area (Å²) in [6.45, 7) is 2.07. The molecule has 0 aliphatic carbocycles. The third kappa shape index (κ3) is 2.77. The van der Waals surface area contributed by atoms with Crippen molar-refractivity contribution in [3.05, 3.63) is 57.5 Å². The molecule has 1 nitrogen and oxygen atoms in total. The van der Waals surface area contributed by atoms with Gasteiger partial charge in [0.25, 0.3) is 0 Å². The van der Waals surface area contributed by atoms with Crippen molar-refractivity contribution in [3.8, 4) is 0 Å². The standard InChI is InChI=1S/C13H11BrClN/c1-9-7-10(14)5-6-13(9)16-12-4-2-3-11(15)8-12/h2-8,16H,1H3. The minimum absolute atomic E-state index is 0.736. The molecule has 0 atom stereocenters. The van der Waals surface area contributed by atoms with Crippen LogP contribution in [0, 0.1) is 6.92 Å². The molecule has 0 bridgehead atoms. The number of rotatable bonds is 2. The van der Waals surface area contributed by atoms with Crippen molar-refractivity contribution in [1.82, 2.24) is 0 Å². The zero-order chi connectivity index (χ0) is 11.5. The van der Waals surface area contributed by atoms with Gasteiger partial charge < -0.3 is 5.32 Å². The Morgan fingerprint density at radius 3 is 2.62 bits per heavy atom. The topological polar surface area (TPSA) is 12.0 Å². The Morgan fingerprint density at radius 1 is 1.12 bits per heavy atom. The first-order valence-corrected chi connectivity index (χ1v) is 6.11. The lowest BCUT2D eigenvalue weighted by Crippen LogP contribution is -1.92. The van der Waals surface area contributed by atoms with Crippen LogP contribution in [-0.2, 0) is 0 Å². The van der Waals surface area contributed by atoms with E-state index in [9.17, 15) is 0 Å². The molecule has 0 amide bonds. The van der Waals surface area contributed by atoms with Gasteiger partial charge in [0.2, 0.25) is 0 Å². The van der Waals surface area contributed by atoms with Gasteiger partial charge in [-0.25, -0.2) is 0 Å². The predicted molar refractivity (Wildman–Crippen MR) is 73.6 cm³/mol. The van der Waals surface area contributed by atoms with Crippen LogP contribution in [0.15, 0.2) is 46.9 Å². The van der Waals surface area contributed by atoms with E-state index < -0.39 is 0 Å². The van der Waals surface area contributed by atoms with Gasteiger partial charge in [-0.2, -0.15) is 0 Å². The van der Waals surface area contributed by atoms with Crippen LogP contribution in [0.5, 0.6) is 0 Å². The average molecular weight is 297 g/mol. The van der Waals surface area contributed by atoms with Gasteiger partial charge in [0.15, 0.2) is 0 Å². The normalized spacial score (nSPS) is 10.2. The van der Waals surface area contributed by atoms with Gasteiger partial charge in [0.05, 0.1) is 0 Å². The lowest BCUT2D eigenvalue weighted by atomic mass is 10.2. The van der Waals surface area contributed by atoms with Crippen LogP contribution in [0.4, 0.5) is 11.4 Å². The van der Waals surface area contributed by atoms with Crippen molar-refractivity contribution >= 4 is 38.9 Å². The lowest BCUT2D eigenvalue weighted by Gasteiger charge is -2.10. The minimum atomic E-state index is 0.736. The predicted octanol–water partition coefficient (Wildman–Crippen LogP) is 5.15. The highest BCUT2D eigenvalue weighted by Gasteiger charge is 1.99. The summed E-state index contributed by atoms with van der Waals surface area (Å²) in [6, 6.07) is 13.8. The van der Waals surface area contributed by atoms with Crippen molar-refractivity contribution in [2.75, 3.05) is 5.32 Å². The zero-order valence-corrected chi connectivity index (χ0v) is 11.1. The number of aryl methyl sites for hydroxylation is 1. The largest absolute Gasteiger partial charge is 0.355 e. The molecule has 2 aromatic carbocycles. The fourth-order valence-corrected chi connectivity index (χ4v) is 2.15. The molecule has 0 saturated heterocycles. The second kappa shape index (κ2) is 4.89. The van der Waals surface area contributed by atoms with Crippen LogP contribution in [0.3, 0.4) is 0 Å². The molecule has 0 spiro atoms. The van der Waals surface area contributed by atoms with E-state index in [2.05, 4.69) is 34.2 Å². The molecular formula is C13H11BrClN. The van der Waals surface area contributed by atoms with E-state index in [-0.39, 0.29) is 0 Å². The highest BCUT2D eigenvalue weighted by atomic mass is 79.9. The van der Waals surface area contributed by atoms with Crippen molar-refractivity contribution in [3.63, 3.8) is 0 Å². The number of nitrogens with one attached hydrogen (secondary N) is 1. The highest BCUT2D eigenvalue weighted by Crippen LogP contribution is 2.25. The van der Waals surface area contributed by atoms with Gasteiger partial charge in [0.1, 0.15) is 0 Å². The van der Waals surface area contributed by atoms with Gasteiger partial charge in [0, 0.05) is 20.9 Å². The molecule has 0 aliphatic rings. The Morgan fingerprint density at radius 2 is 1.94 bits per heavy atom. The molecule has 0 radical (unpaired) electrons. The highest BCUT2D eigenvalue weighted by molar-refractivity contribution is 9.10. The maximum Gasteiger partial charge on any atom is 0.0426 e. The molecule has 0 fully saturated rings. The summed E-state index contributed by atoms with van der Waals surface area (Å²) in [4.78, 5) is 0. The van der Waals surface area contributed by atoms with E-state index in [1.807, 2.05) is 36.4 Å². The SMILES string of the molecule is Cc1cc(Br)ccc1Nc1cccc(Cl)c1. The summed E-state index contributed by atoms with van der Waals surface area (Å²) >= 11 is 9.37. The Balaban J connectivity index is 2.27. The second-order valence-corrected chi connectivity index (χ2v) is 4.95. The molecule has 0 unspecified atom stereocenters. The summed E-state index contributed by atoms with van der Waals surface area (Å²) in [6.07, 6.45) is 0. The number of hydrogen-bond acceptors (Lipinski definition) is 1. The van der Waals surface area contributed by atoms with E-state index in [0.717, 1.165) is 20.9 Å². The third-order valence-electron chi connectivity index (χ3n) is 2.29. The minimum Gasteiger partial charge on any atom is -0.355 e. The molecule has 0 aliphatic heterocycles. The van der Waals surface area contributed by atoms with Crippen LogP contribution in [0.25, 0.3) is 0 Å². The summed E-state index contributed by atoms with van der Waals surface area (Å²) in [5.41, 5.74) is 3.28. The Bertz CT molecular complexity index is 511. The quantitative estimate of drug-likeness (QED) is 0.807. The molecule has 2 aromatic rings. The van der Waals surface area contributed by atoms with Gasteiger partial charge in [-0.1, -0.05) is 33.6 Å². The number of anilines is 2. The first kappa shape index (κ1) is 11.5. The van der Waals surface area contributed by atoms with E-state index in [0.29, 0.717) is 0 Å². The summed E-state index contributed by atoms with van der Waals surface area (Å²) in [5.74, 6) is 0. The van der Waals surface area contributed by atoms with Gasteiger partial charge >= 0.3 is 0 Å². The van der Waals surface area contributed by atoms with Crippen molar-refractivity contribution in [2.24, 2.45) is 0 Å². The van der Waals surface area contributed by atoms with E-state index in [1.165, 1.54) is 5.56 Å². The van der Waals surface area contributed by atoms with E-state index in [1.54, 1.807) is 0 Å². The molecular weight excluding hydrogens is 286 g/mol. The fraction of sp³-hybridized carbons (Fsp3) is 0.0769. The molecule has 0 saturated carbocycles. The van der Waals surface area contributed by atoms with Crippen LogP contribution in [-0.4, -0.2) is 0 Å². The number of benzene rings is 2. The molecule has 16 heavy (non-hydrogen) atoms. The maximum atomic E-state index is 5.93. The molecule has 82 valence electrons. The summed E-state index contributed by atoms with van der Waals surface area (Å²) in [5, 5.41) is 4.07. The van der Waals surface area contributed by atoms with Crippen LogP contribution < -0.4 is 5.32 Å². The first-order chi connectivity index (χ1) is 7.65. The first-order valence-electron chi connectivity index (χ1n) is 4.94. The smallest absolute Gasteiger partial charge is 0.0426 e. The van der Waals surface area contributed by atoms with Crippen molar-refractivity contribution in [2.45, 2.75) is 6.92 Å². The van der Waals surface area contributed by atoms with Crippen LogP contribution >= 0.6 is 27.5 Å².